The van der Waals surface area contributed by atoms with E-state index in [1.807, 2.05) is 0 Å². The van der Waals surface area contributed by atoms with Gasteiger partial charge in [0.25, 0.3) is 0 Å². The minimum Gasteiger partial charge on any atom is -0.310 e. The molecule has 0 fully saturated rings. The monoisotopic (exact) mass is 988 g/mol. The molecule has 0 aliphatic heterocycles. The molecule has 2 aliphatic rings. The first-order valence-electron chi connectivity index (χ1n) is 27.3. The second-order valence-corrected chi connectivity index (χ2v) is 23.2. The Morgan fingerprint density at radius 1 is 0.312 bits per heavy atom. The molecule has 1 heterocycles. The quantitative estimate of drug-likeness (QED) is 0.154. The summed E-state index contributed by atoms with van der Waals surface area (Å²) in [6.45, 7) is 14.0. The molecule has 2 nitrogen and oxygen atoms in total. The lowest BCUT2D eigenvalue weighted by Crippen LogP contribution is -2.27. The van der Waals surface area contributed by atoms with Crippen molar-refractivity contribution in [1.82, 2.24) is 4.57 Å². The van der Waals surface area contributed by atoms with Gasteiger partial charge in [-0.3, -0.25) is 0 Å². The Morgan fingerprint density at radius 3 is 1.44 bits per heavy atom. The average Bonchev–Trinajstić information content (AvgIpc) is 3.92. The van der Waals surface area contributed by atoms with Gasteiger partial charge in [0, 0.05) is 33.4 Å². The fraction of sp³-hybridized carbons (Fsp3) is 0.120. The minimum absolute atomic E-state index is 0.0319. The lowest BCUT2D eigenvalue weighted by molar-refractivity contribution is 0.586. The van der Waals surface area contributed by atoms with E-state index in [1.54, 1.807) is 0 Å². The molecular formula is C75H60N2. The Bertz CT molecular complexity index is 4230. The highest BCUT2D eigenvalue weighted by Crippen LogP contribution is 2.64. The molecule has 1 aromatic heterocycles. The first kappa shape index (κ1) is 46.5. The van der Waals surface area contributed by atoms with E-state index in [0.29, 0.717) is 0 Å². The van der Waals surface area contributed by atoms with Crippen molar-refractivity contribution in [1.29, 1.82) is 0 Å². The van der Waals surface area contributed by atoms with Crippen molar-refractivity contribution in [3.63, 3.8) is 0 Å². The van der Waals surface area contributed by atoms with Crippen LogP contribution in [0.3, 0.4) is 0 Å². The third kappa shape index (κ3) is 7.23. The van der Waals surface area contributed by atoms with Gasteiger partial charge in [0.2, 0.25) is 0 Å². The SMILES string of the molecule is CC(C)(C)c1ccc2c(c1)C1(c3ccccc3-c3cc(N(c4ccc5c6ccccc6n(-c6ccccc6)c5c4)c4ccccc4-c4ccccc4-c4ccccc4-c4ccccc4)ccc31)c1cc(C(C)(C)C)ccc1-2. The molecule has 0 saturated heterocycles. The van der Waals surface area contributed by atoms with Crippen molar-refractivity contribution in [2.75, 3.05) is 4.90 Å². The molecule has 370 valence electrons. The molecule has 77 heavy (non-hydrogen) atoms. The highest BCUT2D eigenvalue weighted by molar-refractivity contribution is 6.11. The summed E-state index contributed by atoms with van der Waals surface area (Å²) in [7, 11) is 0. The lowest BCUT2D eigenvalue weighted by Gasteiger charge is -2.33. The smallest absolute Gasteiger partial charge is 0.0725 e. The molecule has 0 saturated carbocycles. The van der Waals surface area contributed by atoms with Crippen LogP contribution in [-0.2, 0) is 16.2 Å². The number of anilines is 3. The Kier molecular flexibility index (Phi) is 10.6. The van der Waals surface area contributed by atoms with Crippen molar-refractivity contribution in [3.8, 4) is 61.3 Å². The fourth-order valence-corrected chi connectivity index (χ4v) is 13.1. The van der Waals surface area contributed by atoms with E-state index in [4.69, 9.17) is 0 Å². The Balaban J connectivity index is 1.04. The number of benzene rings is 11. The Morgan fingerprint density at radius 2 is 0.779 bits per heavy atom. The van der Waals surface area contributed by atoms with Gasteiger partial charge in [-0.1, -0.05) is 248 Å². The minimum atomic E-state index is -0.513. The summed E-state index contributed by atoms with van der Waals surface area (Å²) in [5.41, 5.74) is 26.6. The van der Waals surface area contributed by atoms with Crippen LogP contribution in [0.4, 0.5) is 17.1 Å². The van der Waals surface area contributed by atoms with E-state index in [2.05, 4.69) is 306 Å². The van der Waals surface area contributed by atoms with E-state index in [0.717, 1.165) is 33.8 Å². The Hall–Kier alpha value is -8.98. The van der Waals surface area contributed by atoms with E-state index in [1.165, 1.54) is 99.7 Å². The van der Waals surface area contributed by atoms with E-state index in [-0.39, 0.29) is 10.8 Å². The van der Waals surface area contributed by atoms with Crippen LogP contribution in [0.15, 0.2) is 255 Å². The van der Waals surface area contributed by atoms with Crippen molar-refractivity contribution in [2.24, 2.45) is 0 Å². The third-order valence-corrected chi connectivity index (χ3v) is 16.8. The summed E-state index contributed by atoms with van der Waals surface area (Å²) in [4.78, 5) is 2.53. The zero-order chi connectivity index (χ0) is 52.2. The largest absolute Gasteiger partial charge is 0.310 e. The van der Waals surface area contributed by atoms with Crippen LogP contribution in [0.1, 0.15) is 74.9 Å². The summed E-state index contributed by atoms with van der Waals surface area (Å²) in [6, 6.07) is 95.7. The number of rotatable bonds is 7. The van der Waals surface area contributed by atoms with Crippen molar-refractivity contribution in [2.45, 2.75) is 57.8 Å². The maximum absolute atomic E-state index is 2.54. The Labute approximate surface area is 453 Å². The van der Waals surface area contributed by atoms with Crippen LogP contribution < -0.4 is 4.90 Å². The highest BCUT2D eigenvalue weighted by atomic mass is 15.1. The normalized spacial score (nSPS) is 13.2. The number of hydrogen-bond donors (Lipinski definition) is 0. The summed E-state index contributed by atoms with van der Waals surface area (Å²) in [5.74, 6) is 0. The molecule has 0 N–H and O–H groups in total. The second-order valence-electron chi connectivity index (χ2n) is 23.2. The van der Waals surface area contributed by atoms with Gasteiger partial charge in [-0.2, -0.15) is 0 Å². The lowest BCUT2D eigenvalue weighted by atomic mass is 9.69. The summed E-state index contributed by atoms with van der Waals surface area (Å²) < 4.78 is 2.43. The zero-order valence-electron chi connectivity index (χ0n) is 44.6. The maximum Gasteiger partial charge on any atom is 0.0725 e. The van der Waals surface area contributed by atoms with E-state index >= 15 is 0 Å². The van der Waals surface area contributed by atoms with Gasteiger partial charge in [-0.05, 0) is 143 Å². The van der Waals surface area contributed by atoms with Gasteiger partial charge in [0.1, 0.15) is 0 Å². The summed E-state index contributed by atoms with van der Waals surface area (Å²) in [6.07, 6.45) is 0. The molecule has 11 aromatic carbocycles. The molecule has 0 unspecified atom stereocenters. The molecule has 12 aromatic rings. The topological polar surface area (TPSA) is 8.17 Å². The van der Waals surface area contributed by atoms with Gasteiger partial charge in [0.05, 0.1) is 22.1 Å². The first-order valence-corrected chi connectivity index (χ1v) is 27.3. The molecule has 0 radical (unpaired) electrons. The zero-order valence-corrected chi connectivity index (χ0v) is 44.6. The van der Waals surface area contributed by atoms with Crippen LogP contribution in [0.25, 0.3) is 83.1 Å². The van der Waals surface area contributed by atoms with Crippen LogP contribution in [0.5, 0.6) is 0 Å². The third-order valence-electron chi connectivity index (χ3n) is 16.8. The molecule has 0 bridgehead atoms. The highest BCUT2D eigenvalue weighted by Gasteiger charge is 2.52. The van der Waals surface area contributed by atoms with Crippen LogP contribution in [0.2, 0.25) is 0 Å². The average molecular weight is 989 g/mol. The van der Waals surface area contributed by atoms with Gasteiger partial charge in [-0.15, -0.1) is 0 Å². The molecule has 0 atom stereocenters. The van der Waals surface area contributed by atoms with Crippen LogP contribution in [0, 0.1) is 0 Å². The number of aromatic nitrogens is 1. The molecule has 0 amide bonds. The molecule has 2 aliphatic carbocycles. The predicted octanol–water partition coefficient (Wildman–Crippen LogP) is 20.2. The predicted molar refractivity (Wildman–Crippen MR) is 325 cm³/mol. The molecule has 1 spiro atoms. The van der Waals surface area contributed by atoms with Crippen molar-refractivity contribution in [3.05, 3.63) is 288 Å². The van der Waals surface area contributed by atoms with Gasteiger partial charge in [-0.25, -0.2) is 0 Å². The number of fused-ring (bicyclic) bond motifs is 13. The standard InChI is InChI=1S/C75H60N2/c1-73(2,3)50-37-41-60-61-42-38-51(74(4,5)6)46-69(61)75(68(60)45-50)66-34-20-17-31-59(66)65-47-53(40-44-67(65)75)76(54-39-43-64-63-33-19-22-36-71(63)77(72(64)48-54)52-25-11-8-12-26-52)70-35-21-18-32-62(70)58-30-16-15-29-57(58)56-28-14-13-27-55(56)49-23-9-7-10-24-49/h7-48H,1-6H3. The van der Waals surface area contributed by atoms with Crippen molar-refractivity contribution < 1.29 is 0 Å². The number of hydrogen-bond acceptors (Lipinski definition) is 1. The maximum atomic E-state index is 2.54. The molecule has 2 heteroatoms. The van der Waals surface area contributed by atoms with Crippen LogP contribution in [-0.4, -0.2) is 4.57 Å². The summed E-state index contributed by atoms with van der Waals surface area (Å²) >= 11 is 0. The van der Waals surface area contributed by atoms with E-state index < -0.39 is 5.41 Å². The first-order chi connectivity index (χ1) is 37.5. The number of nitrogens with zero attached hydrogens (tertiary/aromatic N) is 2. The van der Waals surface area contributed by atoms with Gasteiger partial charge >= 0.3 is 0 Å². The van der Waals surface area contributed by atoms with Crippen LogP contribution >= 0.6 is 0 Å². The molecular weight excluding hydrogens is 929 g/mol. The fourth-order valence-electron chi connectivity index (χ4n) is 13.1. The van der Waals surface area contributed by atoms with E-state index in [9.17, 15) is 0 Å². The molecule has 14 rings (SSSR count). The van der Waals surface area contributed by atoms with Gasteiger partial charge in [0.15, 0.2) is 0 Å². The number of para-hydroxylation sites is 3. The van der Waals surface area contributed by atoms with Gasteiger partial charge < -0.3 is 9.47 Å². The summed E-state index contributed by atoms with van der Waals surface area (Å²) in [5, 5.41) is 2.45. The second kappa shape index (κ2) is 17.5. The van der Waals surface area contributed by atoms with Crippen molar-refractivity contribution >= 4 is 38.9 Å².